The molecule has 0 saturated carbocycles. The van der Waals surface area contributed by atoms with Gasteiger partial charge < -0.3 is 15.2 Å². The summed E-state index contributed by atoms with van der Waals surface area (Å²) in [6.45, 7) is 2.67. The summed E-state index contributed by atoms with van der Waals surface area (Å²) in [6, 6.07) is 7.54. The van der Waals surface area contributed by atoms with E-state index in [1.807, 2.05) is 31.2 Å². The van der Waals surface area contributed by atoms with Crippen LogP contribution in [-0.4, -0.2) is 30.0 Å². The SMILES string of the molecule is CC1OCCC1(CO)Nc1ccccc1Cl. The smallest absolute Gasteiger partial charge is 0.0885 e. The normalized spacial score (nSPS) is 29.3. The molecule has 0 bridgehead atoms. The standard InChI is InChI=1S/C12H16ClNO2/c1-9-12(8-15,6-7-16-9)14-11-5-3-2-4-10(11)13/h2-5,9,14-15H,6-8H2,1H3. The molecule has 0 amide bonds. The number of benzene rings is 1. The highest BCUT2D eigenvalue weighted by atomic mass is 35.5. The van der Waals surface area contributed by atoms with E-state index in [1.165, 1.54) is 0 Å². The lowest BCUT2D eigenvalue weighted by Crippen LogP contribution is -2.48. The Morgan fingerprint density at radius 2 is 2.31 bits per heavy atom. The Balaban J connectivity index is 2.22. The van der Waals surface area contributed by atoms with Gasteiger partial charge in [0.1, 0.15) is 0 Å². The number of rotatable bonds is 3. The van der Waals surface area contributed by atoms with Crippen LogP contribution < -0.4 is 5.32 Å². The predicted molar refractivity (Wildman–Crippen MR) is 64.9 cm³/mol. The molecule has 1 fully saturated rings. The molecule has 1 aliphatic rings. The van der Waals surface area contributed by atoms with Crippen LogP contribution in [0.4, 0.5) is 5.69 Å². The van der Waals surface area contributed by atoms with Crippen molar-refractivity contribution in [2.24, 2.45) is 0 Å². The first-order valence-electron chi connectivity index (χ1n) is 5.43. The fourth-order valence-corrected chi connectivity index (χ4v) is 2.21. The van der Waals surface area contributed by atoms with E-state index in [4.69, 9.17) is 16.3 Å². The fraction of sp³-hybridized carbons (Fsp3) is 0.500. The number of halogens is 1. The quantitative estimate of drug-likeness (QED) is 0.853. The van der Waals surface area contributed by atoms with Crippen LogP contribution in [0.25, 0.3) is 0 Å². The topological polar surface area (TPSA) is 41.5 Å². The molecule has 3 nitrogen and oxygen atoms in total. The van der Waals surface area contributed by atoms with E-state index in [9.17, 15) is 5.11 Å². The second-order valence-corrected chi connectivity index (χ2v) is 4.59. The molecule has 1 aliphatic heterocycles. The molecule has 0 aliphatic carbocycles. The van der Waals surface area contributed by atoms with E-state index < -0.39 is 5.54 Å². The minimum absolute atomic E-state index is 0.0197. The van der Waals surface area contributed by atoms with Crippen LogP contribution in [0.5, 0.6) is 0 Å². The first-order valence-corrected chi connectivity index (χ1v) is 5.81. The van der Waals surface area contributed by atoms with Crippen LogP contribution in [0.2, 0.25) is 5.02 Å². The molecule has 2 unspecified atom stereocenters. The zero-order chi connectivity index (χ0) is 11.6. The Morgan fingerprint density at radius 3 is 2.88 bits per heavy atom. The van der Waals surface area contributed by atoms with E-state index in [2.05, 4.69) is 5.32 Å². The summed E-state index contributed by atoms with van der Waals surface area (Å²) >= 11 is 6.08. The highest BCUT2D eigenvalue weighted by Gasteiger charge is 2.41. The molecule has 0 radical (unpaired) electrons. The summed E-state index contributed by atoms with van der Waals surface area (Å²) in [5.41, 5.74) is 0.431. The number of aliphatic hydroxyl groups excluding tert-OH is 1. The maximum Gasteiger partial charge on any atom is 0.0885 e. The molecule has 0 aromatic heterocycles. The van der Waals surface area contributed by atoms with Gasteiger partial charge in [-0.1, -0.05) is 23.7 Å². The van der Waals surface area contributed by atoms with Crippen LogP contribution in [0.1, 0.15) is 13.3 Å². The average Bonchev–Trinajstić information content (AvgIpc) is 2.64. The second kappa shape index (κ2) is 4.62. The Morgan fingerprint density at radius 1 is 1.56 bits per heavy atom. The van der Waals surface area contributed by atoms with Crippen molar-refractivity contribution in [3.05, 3.63) is 29.3 Å². The minimum atomic E-state index is -0.412. The molecule has 1 heterocycles. The molecule has 4 heteroatoms. The summed E-state index contributed by atoms with van der Waals surface area (Å²) in [5, 5.41) is 13.5. The van der Waals surface area contributed by atoms with E-state index in [-0.39, 0.29) is 12.7 Å². The number of para-hydroxylation sites is 1. The first kappa shape index (κ1) is 11.7. The monoisotopic (exact) mass is 241 g/mol. The molecule has 1 saturated heterocycles. The van der Waals surface area contributed by atoms with Crippen LogP contribution in [0.3, 0.4) is 0 Å². The summed E-state index contributed by atoms with van der Waals surface area (Å²) in [4.78, 5) is 0. The van der Waals surface area contributed by atoms with E-state index >= 15 is 0 Å². The number of anilines is 1. The maximum atomic E-state index is 9.55. The van der Waals surface area contributed by atoms with Gasteiger partial charge in [0.25, 0.3) is 0 Å². The maximum absolute atomic E-state index is 9.55. The lowest BCUT2D eigenvalue weighted by molar-refractivity contribution is 0.0793. The molecule has 0 spiro atoms. The lowest BCUT2D eigenvalue weighted by Gasteiger charge is -2.32. The Hall–Kier alpha value is -0.770. The molecular weight excluding hydrogens is 226 g/mol. The van der Waals surface area contributed by atoms with Crippen molar-refractivity contribution >= 4 is 17.3 Å². The average molecular weight is 242 g/mol. The number of hydrogen-bond donors (Lipinski definition) is 2. The van der Waals surface area contributed by atoms with E-state index in [0.29, 0.717) is 11.6 Å². The van der Waals surface area contributed by atoms with Gasteiger partial charge in [-0.25, -0.2) is 0 Å². The highest BCUT2D eigenvalue weighted by molar-refractivity contribution is 6.33. The Kier molecular flexibility index (Phi) is 3.38. The van der Waals surface area contributed by atoms with Crippen LogP contribution in [0.15, 0.2) is 24.3 Å². The molecule has 2 rings (SSSR count). The number of aliphatic hydroxyl groups is 1. The summed E-state index contributed by atoms with van der Waals surface area (Å²) < 4.78 is 5.51. The largest absolute Gasteiger partial charge is 0.394 e. The highest BCUT2D eigenvalue weighted by Crippen LogP contribution is 2.32. The van der Waals surface area contributed by atoms with Crippen LogP contribution in [0, 0.1) is 0 Å². The van der Waals surface area contributed by atoms with Crippen molar-refractivity contribution in [3.63, 3.8) is 0 Å². The van der Waals surface area contributed by atoms with Crippen LogP contribution in [-0.2, 0) is 4.74 Å². The van der Waals surface area contributed by atoms with Crippen molar-refractivity contribution in [1.29, 1.82) is 0 Å². The number of hydrogen-bond acceptors (Lipinski definition) is 3. The molecule has 2 N–H and O–H groups in total. The van der Waals surface area contributed by atoms with Gasteiger partial charge in [0.15, 0.2) is 0 Å². The third-order valence-electron chi connectivity index (χ3n) is 3.23. The van der Waals surface area contributed by atoms with Crippen molar-refractivity contribution < 1.29 is 9.84 Å². The van der Waals surface area contributed by atoms with Crippen LogP contribution >= 0.6 is 11.6 Å². The molecule has 16 heavy (non-hydrogen) atoms. The Bertz CT molecular complexity index is 372. The van der Waals surface area contributed by atoms with E-state index in [0.717, 1.165) is 12.1 Å². The molecule has 88 valence electrons. The third-order valence-corrected chi connectivity index (χ3v) is 3.56. The molecule has 1 aromatic rings. The number of ether oxygens (including phenoxy) is 1. The zero-order valence-corrected chi connectivity index (χ0v) is 10.00. The first-order chi connectivity index (χ1) is 7.68. The third kappa shape index (κ3) is 2.03. The van der Waals surface area contributed by atoms with Crippen molar-refractivity contribution in [3.8, 4) is 0 Å². The van der Waals surface area contributed by atoms with Gasteiger partial charge in [-0.05, 0) is 25.5 Å². The summed E-state index contributed by atoms with van der Waals surface area (Å²) in [6.07, 6.45) is 0.768. The molecular formula is C12H16ClNO2. The second-order valence-electron chi connectivity index (χ2n) is 4.18. The molecule has 2 atom stereocenters. The fourth-order valence-electron chi connectivity index (χ4n) is 2.02. The van der Waals surface area contributed by atoms with Gasteiger partial charge in [0, 0.05) is 6.61 Å². The van der Waals surface area contributed by atoms with Gasteiger partial charge in [0.2, 0.25) is 0 Å². The van der Waals surface area contributed by atoms with Crippen molar-refractivity contribution in [1.82, 2.24) is 0 Å². The number of nitrogens with one attached hydrogen (secondary N) is 1. The predicted octanol–water partition coefficient (Wildman–Crippen LogP) is 2.29. The van der Waals surface area contributed by atoms with Gasteiger partial charge in [-0.3, -0.25) is 0 Å². The molecule has 1 aromatic carbocycles. The Labute approximate surface area is 100 Å². The van der Waals surface area contributed by atoms with E-state index in [1.54, 1.807) is 0 Å². The van der Waals surface area contributed by atoms with Gasteiger partial charge in [-0.2, -0.15) is 0 Å². The van der Waals surface area contributed by atoms with Gasteiger partial charge >= 0.3 is 0 Å². The van der Waals surface area contributed by atoms with Gasteiger partial charge in [0.05, 0.1) is 29.0 Å². The summed E-state index contributed by atoms with van der Waals surface area (Å²) in [5.74, 6) is 0. The lowest BCUT2D eigenvalue weighted by atomic mass is 9.92. The van der Waals surface area contributed by atoms with Crippen molar-refractivity contribution in [2.75, 3.05) is 18.5 Å². The van der Waals surface area contributed by atoms with Crippen molar-refractivity contribution in [2.45, 2.75) is 25.0 Å². The zero-order valence-electron chi connectivity index (χ0n) is 9.24. The minimum Gasteiger partial charge on any atom is -0.394 e. The van der Waals surface area contributed by atoms with Gasteiger partial charge in [-0.15, -0.1) is 0 Å². The summed E-state index contributed by atoms with van der Waals surface area (Å²) in [7, 11) is 0.